The number of aliphatic hydroxyl groups is 1. The van der Waals surface area contributed by atoms with Gasteiger partial charge in [0.2, 0.25) is 5.69 Å². The lowest BCUT2D eigenvalue weighted by molar-refractivity contribution is -0.390. The lowest BCUT2D eigenvalue weighted by Crippen LogP contribution is -2.19. The van der Waals surface area contributed by atoms with Gasteiger partial charge in [0.25, 0.3) is 0 Å². The number of rotatable bonds is 3. The zero-order valence-corrected chi connectivity index (χ0v) is 10.0. The first-order chi connectivity index (χ1) is 7.74. The molecule has 1 N–H and O–H groups in total. The van der Waals surface area contributed by atoms with E-state index in [1.165, 1.54) is 22.6 Å². The second kappa shape index (κ2) is 5.00. The van der Waals surface area contributed by atoms with Gasteiger partial charge in [-0.25, -0.2) is 0 Å². The monoisotopic (exact) mass is 364 g/mol. The van der Waals surface area contributed by atoms with Gasteiger partial charge in [-0.15, -0.1) is 13.2 Å². The van der Waals surface area contributed by atoms with Crippen LogP contribution in [0.3, 0.4) is 0 Å². The van der Waals surface area contributed by atoms with Gasteiger partial charge in [-0.3, -0.25) is 0 Å². The number of hydrogen-bond acceptors (Lipinski definition) is 5. The van der Waals surface area contributed by atoms with E-state index in [0.717, 1.165) is 6.07 Å². The molecule has 6 nitrogen and oxygen atoms in total. The molecule has 0 aliphatic heterocycles. The number of aromatic nitrogens is 1. The van der Waals surface area contributed by atoms with Crippen LogP contribution in [0.5, 0.6) is 5.75 Å². The second-order valence-electron chi connectivity index (χ2n) is 2.70. The zero-order valence-electron chi connectivity index (χ0n) is 7.86. The summed E-state index contributed by atoms with van der Waals surface area (Å²) in [6.45, 7) is -0.900. The predicted octanol–water partition coefficient (Wildman–Crippen LogP) is 1.99. The van der Waals surface area contributed by atoms with Crippen molar-refractivity contribution in [1.29, 1.82) is 0 Å². The van der Waals surface area contributed by atoms with Gasteiger partial charge >= 0.3 is 12.2 Å². The Labute approximate surface area is 106 Å². The number of nitrogens with zero attached hydrogens (tertiary/aromatic N) is 2. The smallest absolute Gasteiger partial charge is 0.401 e. The summed E-state index contributed by atoms with van der Waals surface area (Å²) in [6.07, 6.45) is -4.95. The summed E-state index contributed by atoms with van der Waals surface area (Å²) in [5, 5.41) is 19.3. The topological polar surface area (TPSA) is 85.5 Å². The Bertz CT molecular complexity index is 451. The summed E-state index contributed by atoms with van der Waals surface area (Å²) in [7, 11) is 0. The molecule has 0 amide bonds. The highest BCUT2D eigenvalue weighted by Gasteiger charge is 2.34. The van der Waals surface area contributed by atoms with Crippen molar-refractivity contribution in [1.82, 2.24) is 4.98 Å². The molecule has 0 spiro atoms. The third-order valence-corrected chi connectivity index (χ3v) is 2.34. The van der Waals surface area contributed by atoms with Gasteiger partial charge < -0.3 is 20.0 Å². The maximum Gasteiger partial charge on any atom is 0.573 e. The van der Waals surface area contributed by atoms with Crippen molar-refractivity contribution in [2.75, 3.05) is 0 Å². The molecule has 1 aromatic heterocycles. The average molecular weight is 364 g/mol. The molecule has 94 valence electrons. The van der Waals surface area contributed by atoms with Gasteiger partial charge in [0, 0.05) is 6.07 Å². The SMILES string of the molecule is O=[N+]([O-])c1nc(CO)c(OC(F)(F)F)cc1I. The predicted molar refractivity (Wildman–Crippen MR) is 56.2 cm³/mol. The number of aliphatic hydroxyl groups excluding tert-OH is 1. The van der Waals surface area contributed by atoms with Gasteiger partial charge in [0.1, 0.15) is 10.2 Å². The van der Waals surface area contributed by atoms with Gasteiger partial charge in [0.05, 0.1) is 0 Å². The van der Waals surface area contributed by atoms with E-state index in [1.807, 2.05) is 0 Å². The van der Waals surface area contributed by atoms with Crippen molar-refractivity contribution < 1.29 is 27.9 Å². The summed E-state index contributed by atoms with van der Waals surface area (Å²) >= 11 is 1.45. The molecule has 1 rings (SSSR count). The minimum Gasteiger partial charge on any atom is -0.401 e. The molecule has 0 bridgehead atoms. The van der Waals surface area contributed by atoms with E-state index in [9.17, 15) is 23.3 Å². The summed E-state index contributed by atoms with van der Waals surface area (Å²) in [4.78, 5) is 12.9. The largest absolute Gasteiger partial charge is 0.573 e. The van der Waals surface area contributed by atoms with Crippen LogP contribution in [0.2, 0.25) is 0 Å². The molecule has 0 unspecified atom stereocenters. The molecule has 0 aliphatic carbocycles. The van der Waals surface area contributed by atoms with Gasteiger partial charge in [-0.2, -0.15) is 0 Å². The van der Waals surface area contributed by atoms with E-state index >= 15 is 0 Å². The molecule has 10 heteroatoms. The highest BCUT2D eigenvalue weighted by atomic mass is 127. The van der Waals surface area contributed by atoms with Crippen molar-refractivity contribution in [3.05, 3.63) is 25.4 Å². The summed E-state index contributed by atoms with van der Waals surface area (Å²) in [5.41, 5.74) is -0.547. The third-order valence-electron chi connectivity index (χ3n) is 1.55. The molecule has 0 saturated heterocycles. The maximum atomic E-state index is 12.0. The standard InChI is InChI=1S/C7H4F3IN2O4/c8-7(9,10)17-5-1-3(11)6(13(15)16)12-4(5)2-14/h1,14H,2H2. The van der Waals surface area contributed by atoms with Crippen LogP contribution in [-0.4, -0.2) is 21.4 Å². The molecule has 0 saturated carbocycles. The Kier molecular flexibility index (Phi) is 4.08. The van der Waals surface area contributed by atoms with Crippen molar-refractivity contribution in [3.63, 3.8) is 0 Å². The molecule has 17 heavy (non-hydrogen) atoms. The van der Waals surface area contributed by atoms with E-state index in [2.05, 4.69) is 9.72 Å². The summed E-state index contributed by atoms with van der Waals surface area (Å²) < 4.78 is 39.4. The van der Waals surface area contributed by atoms with Crippen molar-refractivity contribution >= 4 is 28.4 Å². The number of alkyl halides is 3. The Morgan fingerprint density at radius 3 is 2.59 bits per heavy atom. The second-order valence-corrected chi connectivity index (χ2v) is 3.86. The highest BCUT2D eigenvalue weighted by molar-refractivity contribution is 14.1. The zero-order chi connectivity index (χ0) is 13.2. The van der Waals surface area contributed by atoms with Gasteiger partial charge in [-0.1, -0.05) is 0 Å². The Balaban J connectivity index is 3.24. The fourth-order valence-corrected chi connectivity index (χ4v) is 1.55. The van der Waals surface area contributed by atoms with Gasteiger partial charge in [-0.05, 0) is 32.5 Å². The van der Waals surface area contributed by atoms with Crippen LogP contribution in [0.1, 0.15) is 5.69 Å². The van der Waals surface area contributed by atoms with E-state index in [-0.39, 0.29) is 3.57 Å². The van der Waals surface area contributed by atoms with Crippen molar-refractivity contribution in [2.45, 2.75) is 13.0 Å². The lowest BCUT2D eigenvalue weighted by Gasteiger charge is -2.09. The fraction of sp³-hybridized carbons (Fsp3) is 0.286. The van der Waals surface area contributed by atoms with E-state index in [1.54, 1.807) is 0 Å². The Morgan fingerprint density at radius 2 is 2.18 bits per heavy atom. The highest BCUT2D eigenvalue weighted by Crippen LogP contribution is 2.30. The first-order valence-corrected chi connectivity index (χ1v) is 5.03. The average Bonchev–Trinajstić information content (AvgIpc) is 2.14. The molecule has 0 aromatic carbocycles. The van der Waals surface area contributed by atoms with Crippen LogP contribution in [-0.2, 0) is 6.61 Å². The number of hydrogen-bond donors (Lipinski definition) is 1. The normalized spacial score (nSPS) is 11.4. The van der Waals surface area contributed by atoms with E-state index in [4.69, 9.17) is 5.11 Å². The molecule has 1 aromatic rings. The molecule has 0 fully saturated rings. The lowest BCUT2D eigenvalue weighted by atomic mass is 10.3. The van der Waals surface area contributed by atoms with Crippen LogP contribution in [0.15, 0.2) is 6.07 Å². The molecule has 0 radical (unpaired) electrons. The van der Waals surface area contributed by atoms with Gasteiger partial charge in [0.15, 0.2) is 5.75 Å². The Hall–Kier alpha value is -1.17. The van der Waals surface area contributed by atoms with E-state index < -0.39 is 35.2 Å². The maximum absolute atomic E-state index is 12.0. The van der Waals surface area contributed by atoms with Crippen LogP contribution in [0.4, 0.5) is 19.0 Å². The Morgan fingerprint density at radius 1 is 1.59 bits per heavy atom. The first kappa shape index (κ1) is 13.9. The van der Waals surface area contributed by atoms with Crippen LogP contribution in [0.25, 0.3) is 0 Å². The summed E-state index contributed by atoms with van der Waals surface area (Å²) in [5.74, 6) is -1.39. The van der Waals surface area contributed by atoms with Crippen molar-refractivity contribution in [3.8, 4) is 5.75 Å². The third kappa shape index (κ3) is 3.66. The quantitative estimate of drug-likeness (QED) is 0.504. The minimum absolute atomic E-state index is 0.121. The number of ether oxygens (including phenoxy) is 1. The minimum atomic E-state index is -4.95. The molecule has 0 atom stereocenters. The number of halogens is 4. The summed E-state index contributed by atoms with van der Waals surface area (Å²) in [6, 6.07) is 0.796. The molecule has 0 aliphatic rings. The first-order valence-electron chi connectivity index (χ1n) is 3.95. The number of nitro groups is 1. The van der Waals surface area contributed by atoms with E-state index in [0.29, 0.717) is 0 Å². The molecular formula is C7H4F3IN2O4. The number of pyridine rings is 1. The van der Waals surface area contributed by atoms with Crippen LogP contribution >= 0.6 is 22.6 Å². The molecule has 1 heterocycles. The van der Waals surface area contributed by atoms with Crippen LogP contribution < -0.4 is 4.74 Å². The fourth-order valence-electron chi connectivity index (χ4n) is 0.954. The molecular weight excluding hydrogens is 360 g/mol. The van der Waals surface area contributed by atoms with Crippen LogP contribution in [0, 0.1) is 13.7 Å². The van der Waals surface area contributed by atoms with Crippen molar-refractivity contribution in [2.24, 2.45) is 0 Å².